The first-order valence-corrected chi connectivity index (χ1v) is 6.14. The van der Waals surface area contributed by atoms with Gasteiger partial charge in [-0.15, -0.1) is 0 Å². The van der Waals surface area contributed by atoms with Crippen LogP contribution in [-0.2, 0) is 4.79 Å². The molecule has 0 aromatic carbocycles. The predicted molar refractivity (Wildman–Crippen MR) is 65.0 cm³/mol. The number of hydrogen-bond acceptors (Lipinski definition) is 4. The van der Waals surface area contributed by atoms with E-state index in [1.807, 2.05) is 0 Å². The van der Waals surface area contributed by atoms with E-state index in [0.717, 1.165) is 25.7 Å². The van der Waals surface area contributed by atoms with Gasteiger partial charge in [0.1, 0.15) is 0 Å². The van der Waals surface area contributed by atoms with Crippen LogP contribution in [-0.4, -0.2) is 16.9 Å². The average Bonchev–Trinajstić information content (AvgIpc) is 2.40. The summed E-state index contributed by atoms with van der Waals surface area (Å²) in [5.41, 5.74) is 5.39. The third-order valence-electron chi connectivity index (χ3n) is 3.16. The van der Waals surface area contributed by atoms with Crippen LogP contribution in [0.3, 0.4) is 0 Å². The van der Waals surface area contributed by atoms with E-state index in [0.29, 0.717) is 5.56 Å². The lowest BCUT2D eigenvalue weighted by Crippen LogP contribution is -2.23. The number of hydrogen-bond donors (Lipinski definition) is 1. The Morgan fingerprint density at radius 2 is 1.94 bits per heavy atom. The number of ether oxygens (including phenoxy) is 1. The molecule has 18 heavy (non-hydrogen) atoms. The molecule has 1 fully saturated rings. The summed E-state index contributed by atoms with van der Waals surface area (Å²) in [6, 6.07) is 2.99. The van der Waals surface area contributed by atoms with Crippen molar-refractivity contribution in [3.05, 3.63) is 23.9 Å². The van der Waals surface area contributed by atoms with Gasteiger partial charge in [0.2, 0.25) is 11.8 Å². The molecule has 2 rings (SSSR count). The number of nitrogens with zero attached hydrogens (tertiary/aromatic N) is 1. The zero-order valence-electron chi connectivity index (χ0n) is 10.1. The van der Waals surface area contributed by atoms with Crippen molar-refractivity contribution in [3.63, 3.8) is 0 Å². The van der Waals surface area contributed by atoms with Crippen LogP contribution in [0.25, 0.3) is 0 Å². The maximum Gasteiger partial charge on any atom is 0.315 e. The Balaban J connectivity index is 1.96. The van der Waals surface area contributed by atoms with Gasteiger partial charge in [0.05, 0.1) is 11.5 Å². The molecular weight excluding hydrogens is 232 g/mol. The molecule has 0 radical (unpaired) electrons. The fourth-order valence-electron chi connectivity index (χ4n) is 2.11. The Morgan fingerprint density at radius 3 is 2.50 bits per heavy atom. The van der Waals surface area contributed by atoms with E-state index in [1.54, 1.807) is 0 Å². The van der Waals surface area contributed by atoms with Gasteiger partial charge in [0.15, 0.2) is 0 Å². The van der Waals surface area contributed by atoms with Crippen LogP contribution in [0.5, 0.6) is 5.88 Å². The quantitative estimate of drug-likeness (QED) is 0.825. The second-order valence-electron chi connectivity index (χ2n) is 4.51. The SMILES string of the molecule is NC(=O)c1ccc(OC(=O)C2CCCCC2)nc1. The van der Waals surface area contributed by atoms with Gasteiger partial charge in [0, 0.05) is 12.3 Å². The molecular formula is C13H16N2O3. The van der Waals surface area contributed by atoms with Crippen LogP contribution >= 0.6 is 0 Å². The highest BCUT2D eigenvalue weighted by molar-refractivity contribution is 5.92. The summed E-state index contributed by atoms with van der Waals surface area (Å²) in [6.45, 7) is 0. The minimum Gasteiger partial charge on any atom is -0.407 e. The fourth-order valence-corrected chi connectivity index (χ4v) is 2.11. The number of carbonyl (C=O) groups excluding carboxylic acids is 2. The van der Waals surface area contributed by atoms with E-state index in [9.17, 15) is 9.59 Å². The third kappa shape index (κ3) is 3.06. The van der Waals surface area contributed by atoms with Crippen molar-refractivity contribution in [2.45, 2.75) is 32.1 Å². The van der Waals surface area contributed by atoms with Crippen molar-refractivity contribution in [3.8, 4) is 5.88 Å². The summed E-state index contributed by atoms with van der Waals surface area (Å²) in [5, 5.41) is 0. The van der Waals surface area contributed by atoms with Gasteiger partial charge in [-0.2, -0.15) is 0 Å². The number of amides is 1. The molecule has 1 aromatic heterocycles. The largest absolute Gasteiger partial charge is 0.407 e. The van der Waals surface area contributed by atoms with Crippen molar-refractivity contribution in [1.29, 1.82) is 0 Å². The van der Waals surface area contributed by atoms with Crippen molar-refractivity contribution in [2.75, 3.05) is 0 Å². The first-order valence-electron chi connectivity index (χ1n) is 6.14. The molecule has 0 bridgehead atoms. The second kappa shape index (κ2) is 5.62. The highest BCUT2D eigenvalue weighted by Crippen LogP contribution is 2.25. The smallest absolute Gasteiger partial charge is 0.315 e. The van der Waals surface area contributed by atoms with Gasteiger partial charge in [0.25, 0.3) is 0 Å². The number of primary amides is 1. The first-order chi connectivity index (χ1) is 8.66. The monoisotopic (exact) mass is 248 g/mol. The van der Waals surface area contributed by atoms with E-state index in [1.165, 1.54) is 24.8 Å². The van der Waals surface area contributed by atoms with Gasteiger partial charge in [-0.3, -0.25) is 9.59 Å². The molecule has 2 N–H and O–H groups in total. The van der Waals surface area contributed by atoms with E-state index >= 15 is 0 Å². The van der Waals surface area contributed by atoms with Crippen LogP contribution in [0.1, 0.15) is 42.5 Å². The number of pyridine rings is 1. The van der Waals surface area contributed by atoms with Crippen molar-refractivity contribution >= 4 is 11.9 Å². The highest BCUT2D eigenvalue weighted by atomic mass is 16.5. The van der Waals surface area contributed by atoms with Gasteiger partial charge in [-0.25, -0.2) is 4.98 Å². The van der Waals surface area contributed by atoms with E-state index < -0.39 is 5.91 Å². The topological polar surface area (TPSA) is 82.3 Å². The lowest BCUT2D eigenvalue weighted by atomic mass is 9.89. The summed E-state index contributed by atoms with van der Waals surface area (Å²) in [7, 11) is 0. The van der Waals surface area contributed by atoms with Crippen LogP contribution in [0.15, 0.2) is 18.3 Å². The van der Waals surface area contributed by atoms with Gasteiger partial charge in [-0.05, 0) is 18.9 Å². The van der Waals surface area contributed by atoms with E-state index in [-0.39, 0.29) is 17.8 Å². The maximum absolute atomic E-state index is 11.8. The van der Waals surface area contributed by atoms with Crippen LogP contribution in [0.2, 0.25) is 0 Å². The summed E-state index contributed by atoms with van der Waals surface area (Å²) in [4.78, 5) is 26.6. The summed E-state index contributed by atoms with van der Waals surface area (Å²) < 4.78 is 5.19. The van der Waals surface area contributed by atoms with Crippen molar-refractivity contribution < 1.29 is 14.3 Å². The Kier molecular flexibility index (Phi) is 3.92. The Labute approximate surface area is 105 Å². The molecule has 0 aliphatic heterocycles. The molecule has 1 aliphatic rings. The molecule has 0 saturated heterocycles. The van der Waals surface area contributed by atoms with Crippen LogP contribution in [0, 0.1) is 5.92 Å². The minimum absolute atomic E-state index is 0.0173. The van der Waals surface area contributed by atoms with Crippen molar-refractivity contribution in [2.24, 2.45) is 11.7 Å². The molecule has 1 amide bonds. The molecule has 0 atom stereocenters. The molecule has 0 spiro atoms. The van der Waals surface area contributed by atoms with Gasteiger partial charge >= 0.3 is 5.97 Å². The maximum atomic E-state index is 11.8. The number of carbonyl (C=O) groups is 2. The number of aromatic nitrogens is 1. The van der Waals surface area contributed by atoms with Crippen LogP contribution in [0.4, 0.5) is 0 Å². The molecule has 1 saturated carbocycles. The zero-order chi connectivity index (χ0) is 13.0. The lowest BCUT2D eigenvalue weighted by molar-refractivity contribution is -0.140. The van der Waals surface area contributed by atoms with Crippen molar-refractivity contribution in [1.82, 2.24) is 4.98 Å². The molecule has 5 nitrogen and oxygen atoms in total. The highest BCUT2D eigenvalue weighted by Gasteiger charge is 2.23. The molecule has 5 heteroatoms. The molecule has 1 aliphatic carbocycles. The summed E-state index contributed by atoms with van der Waals surface area (Å²) in [6.07, 6.45) is 6.43. The number of nitrogens with two attached hydrogens (primary N) is 1. The third-order valence-corrected chi connectivity index (χ3v) is 3.16. The van der Waals surface area contributed by atoms with E-state index in [4.69, 9.17) is 10.5 Å². The molecule has 96 valence electrons. The summed E-state index contributed by atoms with van der Waals surface area (Å²) in [5.74, 6) is -0.575. The Morgan fingerprint density at radius 1 is 1.22 bits per heavy atom. The second-order valence-corrected chi connectivity index (χ2v) is 4.51. The molecule has 0 unspecified atom stereocenters. The summed E-state index contributed by atoms with van der Waals surface area (Å²) >= 11 is 0. The number of rotatable bonds is 3. The normalized spacial score (nSPS) is 16.2. The van der Waals surface area contributed by atoms with E-state index in [2.05, 4.69) is 4.98 Å². The van der Waals surface area contributed by atoms with Gasteiger partial charge < -0.3 is 10.5 Å². The molecule has 1 aromatic rings. The predicted octanol–water partition coefficient (Wildman–Crippen LogP) is 1.67. The van der Waals surface area contributed by atoms with Crippen LogP contribution < -0.4 is 10.5 Å². The Hall–Kier alpha value is -1.91. The standard InChI is InChI=1S/C13H16N2O3/c14-12(16)10-6-7-11(15-8-10)18-13(17)9-4-2-1-3-5-9/h6-9H,1-5H2,(H2,14,16). The molecule has 1 heterocycles. The zero-order valence-corrected chi connectivity index (χ0v) is 10.1. The number of esters is 1. The lowest BCUT2D eigenvalue weighted by Gasteiger charge is -2.19. The first kappa shape index (κ1) is 12.5. The minimum atomic E-state index is -0.548. The fraction of sp³-hybridized carbons (Fsp3) is 0.462. The average molecular weight is 248 g/mol. The Bertz CT molecular complexity index is 436. The van der Waals surface area contributed by atoms with Gasteiger partial charge in [-0.1, -0.05) is 19.3 Å².